The summed E-state index contributed by atoms with van der Waals surface area (Å²) in [6.45, 7) is 1.63. The summed E-state index contributed by atoms with van der Waals surface area (Å²) in [5.41, 5.74) is 0. The molecule has 0 heterocycles. The summed E-state index contributed by atoms with van der Waals surface area (Å²) >= 11 is 0.526. The molecule has 1 saturated carbocycles. The van der Waals surface area contributed by atoms with Crippen molar-refractivity contribution in [1.82, 2.24) is 0 Å². The van der Waals surface area contributed by atoms with Crippen LogP contribution in [0.4, 0.5) is 0 Å². The van der Waals surface area contributed by atoms with Gasteiger partial charge in [0, 0.05) is 0 Å². The van der Waals surface area contributed by atoms with Crippen molar-refractivity contribution in [2.24, 2.45) is 0 Å². The summed E-state index contributed by atoms with van der Waals surface area (Å²) in [5, 5.41) is 1.03. The molecule has 1 unspecified atom stereocenters. The summed E-state index contributed by atoms with van der Waals surface area (Å²) in [5.74, 6) is 0.700. The van der Waals surface area contributed by atoms with Crippen LogP contribution in [0.2, 0.25) is 10.1 Å². The monoisotopic (exact) mass is 234 g/mol. The van der Waals surface area contributed by atoms with E-state index in [1.807, 2.05) is 0 Å². The van der Waals surface area contributed by atoms with Crippen molar-refractivity contribution in [1.29, 1.82) is 0 Å². The normalized spacial score (nSPS) is 23.1. The van der Waals surface area contributed by atoms with Gasteiger partial charge < -0.3 is 0 Å². The van der Waals surface area contributed by atoms with Crippen LogP contribution in [-0.2, 0) is 9.59 Å². The molecule has 1 aliphatic carbocycles. The minimum atomic E-state index is 0.279. The van der Waals surface area contributed by atoms with Gasteiger partial charge in [0.2, 0.25) is 0 Å². The Bertz CT molecular complexity index is 189. The molecule has 0 radical (unpaired) electrons. The first-order valence-electron chi connectivity index (χ1n) is 4.31. The zero-order chi connectivity index (χ0) is 8.97. The summed E-state index contributed by atoms with van der Waals surface area (Å²) in [7, 11) is 0. The summed E-state index contributed by atoms with van der Waals surface area (Å²) in [4.78, 5) is 22.2. The Morgan fingerprint density at radius 2 is 2.42 bits per heavy atom. The van der Waals surface area contributed by atoms with Gasteiger partial charge in [-0.15, -0.1) is 0 Å². The van der Waals surface area contributed by atoms with E-state index < -0.39 is 0 Å². The molecule has 0 amide bonds. The van der Waals surface area contributed by atoms with Crippen molar-refractivity contribution in [2.75, 3.05) is 0 Å². The average molecular weight is 233 g/mol. The molecule has 0 spiro atoms. The maximum absolute atomic E-state index is 10.9. The van der Waals surface area contributed by atoms with Crippen LogP contribution in [0.15, 0.2) is 0 Å². The molecule has 0 aliphatic heterocycles. The SMILES string of the molecule is CC(=O)CC[Se]C1CCC(=O)C1. The molecule has 1 rings (SSSR count). The first-order chi connectivity index (χ1) is 5.68. The second-order valence-electron chi connectivity index (χ2n) is 3.23. The predicted molar refractivity (Wildman–Crippen MR) is 48.5 cm³/mol. The number of hydrogen-bond acceptors (Lipinski definition) is 2. The van der Waals surface area contributed by atoms with E-state index in [9.17, 15) is 9.59 Å². The summed E-state index contributed by atoms with van der Waals surface area (Å²) in [6.07, 6.45) is 3.37. The number of ketones is 2. The Kier molecular flexibility index (Phi) is 3.96. The molecule has 1 aliphatic rings. The van der Waals surface area contributed by atoms with Crippen molar-refractivity contribution in [3.8, 4) is 0 Å². The van der Waals surface area contributed by atoms with Gasteiger partial charge in [-0.25, -0.2) is 0 Å². The second-order valence-corrected chi connectivity index (χ2v) is 6.18. The molecular formula is C9H14O2Se. The van der Waals surface area contributed by atoms with Crippen LogP contribution in [0.1, 0.15) is 32.6 Å². The van der Waals surface area contributed by atoms with E-state index in [0.29, 0.717) is 32.0 Å². The van der Waals surface area contributed by atoms with Crippen LogP contribution >= 0.6 is 0 Å². The topological polar surface area (TPSA) is 34.1 Å². The van der Waals surface area contributed by atoms with E-state index in [1.54, 1.807) is 6.92 Å². The zero-order valence-electron chi connectivity index (χ0n) is 7.34. The van der Waals surface area contributed by atoms with E-state index in [4.69, 9.17) is 0 Å². The molecule has 1 fully saturated rings. The van der Waals surface area contributed by atoms with E-state index in [1.165, 1.54) is 0 Å². The molecule has 3 heteroatoms. The zero-order valence-corrected chi connectivity index (χ0v) is 9.05. The standard InChI is InChI=1S/C9H14O2Se/c1-7(10)4-5-12-9-3-2-8(11)6-9/h9H,2-6H2,1H3. The minimum absolute atomic E-state index is 0.279. The quantitative estimate of drug-likeness (QED) is 0.691. The predicted octanol–water partition coefficient (Wildman–Crippen LogP) is 1.63. The average Bonchev–Trinajstić information content (AvgIpc) is 2.35. The van der Waals surface area contributed by atoms with Crippen molar-refractivity contribution >= 4 is 26.5 Å². The fraction of sp³-hybridized carbons (Fsp3) is 0.778. The number of hydrogen-bond donors (Lipinski definition) is 0. The molecule has 68 valence electrons. The van der Waals surface area contributed by atoms with Gasteiger partial charge in [-0.1, -0.05) is 0 Å². The van der Waals surface area contributed by atoms with E-state index in [-0.39, 0.29) is 5.78 Å². The van der Waals surface area contributed by atoms with Gasteiger partial charge in [-0.2, -0.15) is 0 Å². The molecule has 0 aromatic heterocycles. The molecule has 1 atom stereocenters. The molecule has 0 saturated heterocycles. The Morgan fingerprint density at radius 1 is 1.67 bits per heavy atom. The van der Waals surface area contributed by atoms with Crippen LogP contribution in [0.25, 0.3) is 0 Å². The molecule has 0 N–H and O–H groups in total. The van der Waals surface area contributed by atoms with Gasteiger partial charge in [-0.05, 0) is 0 Å². The Hall–Kier alpha value is -0.141. The van der Waals surface area contributed by atoms with Gasteiger partial charge in [0.25, 0.3) is 0 Å². The molecule has 0 aromatic rings. The number of Topliss-reactive ketones (excluding diaryl/α,β-unsaturated/α-hetero) is 2. The van der Waals surface area contributed by atoms with Gasteiger partial charge in [0.1, 0.15) is 0 Å². The van der Waals surface area contributed by atoms with Crippen molar-refractivity contribution in [2.45, 2.75) is 42.7 Å². The maximum atomic E-state index is 10.9. The van der Waals surface area contributed by atoms with E-state index in [2.05, 4.69) is 0 Å². The summed E-state index contributed by atoms with van der Waals surface area (Å²) < 4.78 is 0. The van der Waals surface area contributed by atoms with E-state index >= 15 is 0 Å². The summed E-state index contributed by atoms with van der Waals surface area (Å²) in [6, 6.07) is 0. The molecular weight excluding hydrogens is 219 g/mol. The van der Waals surface area contributed by atoms with Gasteiger partial charge in [-0.3, -0.25) is 0 Å². The van der Waals surface area contributed by atoms with Gasteiger partial charge in [0.05, 0.1) is 0 Å². The first kappa shape index (κ1) is 9.94. The number of carbonyl (C=O) groups is 2. The van der Waals surface area contributed by atoms with Gasteiger partial charge >= 0.3 is 78.9 Å². The van der Waals surface area contributed by atoms with Crippen molar-refractivity contribution < 1.29 is 9.59 Å². The number of rotatable bonds is 4. The number of carbonyl (C=O) groups excluding carboxylic acids is 2. The Labute approximate surface area is 79.3 Å². The molecule has 2 nitrogen and oxygen atoms in total. The van der Waals surface area contributed by atoms with Crippen LogP contribution < -0.4 is 0 Å². The Morgan fingerprint density at radius 3 is 2.92 bits per heavy atom. The molecule has 0 bridgehead atoms. The third kappa shape index (κ3) is 3.50. The van der Waals surface area contributed by atoms with Crippen LogP contribution in [0, 0.1) is 0 Å². The Balaban J connectivity index is 2.08. The van der Waals surface area contributed by atoms with Gasteiger partial charge in [0.15, 0.2) is 0 Å². The second kappa shape index (κ2) is 4.78. The third-order valence-electron chi connectivity index (χ3n) is 2.01. The fourth-order valence-electron chi connectivity index (χ4n) is 1.29. The van der Waals surface area contributed by atoms with Crippen LogP contribution in [0.3, 0.4) is 0 Å². The van der Waals surface area contributed by atoms with Crippen molar-refractivity contribution in [3.63, 3.8) is 0 Å². The van der Waals surface area contributed by atoms with Crippen LogP contribution in [0.5, 0.6) is 0 Å². The molecule has 12 heavy (non-hydrogen) atoms. The third-order valence-corrected chi connectivity index (χ3v) is 4.76. The van der Waals surface area contributed by atoms with Crippen LogP contribution in [-0.4, -0.2) is 26.5 Å². The van der Waals surface area contributed by atoms with E-state index in [0.717, 1.165) is 24.6 Å². The van der Waals surface area contributed by atoms with Crippen molar-refractivity contribution in [3.05, 3.63) is 0 Å². The first-order valence-corrected chi connectivity index (χ1v) is 6.51. The molecule has 0 aromatic carbocycles. The fourth-order valence-corrected chi connectivity index (χ4v) is 4.08.